The molecule has 4 aromatic carbocycles. The second kappa shape index (κ2) is 14.9. The Morgan fingerprint density at radius 1 is 0.870 bits per heavy atom. The Bertz CT molecular complexity index is 1730. The Morgan fingerprint density at radius 2 is 1.50 bits per heavy atom. The van der Waals surface area contributed by atoms with Crippen LogP contribution in [0.5, 0.6) is 0 Å². The van der Waals surface area contributed by atoms with Gasteiger partial charge in [-0.15, -0.1) is 0 Å². The molecule has 0 aromatic heterocycles. The standard InChI is InChI=1S/C36H37ClFN3O4S/c1-26-11-19-32(20-12-26)41(46(44,45)33-21-17-30(38)18-22-33)25-35(42)40(24-28-13-15-29(37)16-14-28)34(23-27-7-3-2-4-8-27)36(43)39-31-9-5-6-10-31/h2-4,7-8,11-22,31,34H,5-6,9-10,23-25H2,1H3,(H,39,43). The van der Waals surface area contributed by atoms with E-state index >= 15 is 0 Å². The third-order valence-corrected chi connectivity index (χ3v) is 10.3. The predicted octanol–water partition coefficient (Wildman–Crippen LogP) is 6.68. The summed E-state index contributed by atoms with van der Waals surface area (Å²) in [6.07, 6.45) is 4.01. The molecule has 0 radical (unpaired) electrons. The molecule has 46 heavy (non-hydrogen) atoms. The molecule has 1 N–H and O–H groups in total. The molecule has 1 atom stereocenters. The molecule has 4 aromatic rings. The van der Waals surface area contributed by atoms with E-state index in [4.69, 9.17) is 11.6 Å². The number of anilines is 1. The number of sulfonamides is 1. The number of nitrogens with zero attached hydrogens (tertiary/aromatic N) is 2. The van der Waals surface area contributed by atoms with Gasteiger partial charge in [0, 0.05) is 24.0 Å². The van der Waals surface area contributed by atoms with Crippen LogP contribution < -0.4 is 9.62 Å². The maximum atomic E-state index is 14.5. The van der Waals surface area contributed by atoms with Crippen molar-refractivity contribution in [3.63, 3.8) is 0 Å². The smallest absolute Gasteiger partial charge is 0.264 e. The molecule has 5 rings (SSSR count). The van der Waals surface area contributed by atoms with Gasteiger partial charge < -0.3 is 10.2 Å². The van der Waals surface area contributed by atoms with E-state index in [1.807, 2.05) is 37.3 Å². The summed E-state index contributed by atoms with van der Waals surface area (Å²) in [5.41, 5.74) is 2.76. The molecule has 1 fully saturated rings. The summed E-state index contributed by atoms with van der Waals surface area (Å²) < 4.78 is 42.9. The molecule has 7 nitrogen and oxygen atoms in total. The Morgan fingerprint density at radius 3 is 2.13 bits per heavy atom. The van der Waals surface area contributed by atoms with Crippen LogP contribution in [0.2, 0.25) is 5.02 Å². The highest BCUT2D eigenvalue weighted by Crippen LogP contribution is 2.26. The van der Waals surface area contributed by atoms with Crippen LogP contribution in [0.25, 0.3) is 0 Å². The van der Waals surface area contributed by atoms with E-state index in [9.17, 15) is 22.4 Å². The summed E-state index contributed by atoms with van der Waals surface area (Å²) in [6, 6.07) is 26.8. The van der Waals surface area contributed by atoms with Crippen molar-refractivity contribution in [3.05, 3.63) is 131 Å². The number of amides is 2. The van der Waals surface area contributed by atoms with Gasteiger partial charge in [0.05, 0.1) is 10.6 Å². The maximum Gasteiger partial charge on any atom is 0.264 e. The third-order valence-electron chi connectivity index (χ3n) is 8.24. The van der Waals surface area contributed by atoms with E-state index in [-0.39, 0.29) is 35.5 Å². The van der Waals surface area contributed by atoms with Gasteiger partial charge in [-0.05, 0) is 79.4 Å². The molecule has 10 heteroatoms. The van der Waals surface area contributed by atoms with Crippen molar-refractivity contribution < 1.29 is 22.4 Å². The number of nitrogens with one attached hydrogen (secondary N) is 1. The first-order valence-electron chi connectivity index (χ1n) is 15.3. The van der Waals surface area contributed by atoms with Crippen LogP contribution in [0.4, 0.5) is 10.1 Å². The van der Waals surface area contributed by atoms with Crippen LogP contribution in [0.1, 0.15) is 42.4 Å². The largest absolute Gasteiger partial charge is 0.352 e. The van der Waals surface area contributed by atoms with Gasteiger partial charge in [0.1, 0.15) is 18.4 Å². The summed E-state index contributed by atoms with van der Waals surface area (Å²) in [5.74, 6) is -1.44. The lowest BCUT2D eigenvalue weighted by molar-refractivity contribution is -0.140. The fourth-order valence-electron chi connectivity index (χ4n) is 5.68. The van der Waals surface area contributed by atoms with Crippen LogP contribution in [-0.2, 0) is 32.6 Å². The Labute approximate surface area is 275 Å². The molecular formula is C36H37ClFN3O4S. The minimum Gasteiger partial charge on any atom is -0.352 e. The third kappa shape index (κ3) is 8.33. The highest BCUT2D eigenvalue weighted by molar-refractivity contribution is 7.92. The molecule has 2 amide bonds. The van der Waals surface area contributed by atoms with Crippen molar-refractivity contribution in [2.24, 2.45) is 0 Å². The number of aryl methyl sites for hydroxylation is 1. The minimum atomic E-state index is -4.31. The number of hydrogen-bond donors (Lipinski definition) is 1. The molecule has 0 aliphatic heterocycles. The average Bonchev–Trinajstić information content (AvgIpc) is 3.56. The van der Waals surface area contributed by atoms with Crippen LogP contribution >= 0.6 is 11.6 Å². The van der Waals surface area contributed by atoms with Crippen molar-refractivity contribution >= 4 is 39.1 Å². The number of halogens is 2. The zero-order valence-electron chi connectivity index (χ0n) is 25.6. The van der Waals surface area contributed by atoms with Crippen LogP contribution in [0, 0.1) is 12.7 Å². The summed E-state index contributed by atoms with van der Waals surface area (Å²) >= 11 is 6.15. The van der Waals surface area contributed by atoms with E-state index in [0.717, 1.165) is 58.8 Å². The minimum absolute atomic E-state index is 0.0150. The van der Waals surface area contributed by atoms with Gasteiger partial charge in [-0.25, -0.2) is 12.8 Å². The van der Waals surface area contributed by atoms with Crippen LogP contribution in [0.3, 0.4) is 0 Å². The highest BCUT2D eigenvalue weighted by Gasteiger charge is 2.35. The van der Waals surface area contributed by atoms with Crippen molar-refractivity contribution in [1.29, 1.82) is 0 Å². The van der Waals surface area contributed by atoms with Crippen molar-refractivity contribution in [3.8, 4) is 0 Å². The summed E-state index contributed by atoms with van der Waals surface area (Å²) in [7, 11) is -4.31. The van der Waals surface area contributed by atoms with E-state index < -0.39 is 34.3 Å². The number of rotatable bonds is 12. The lowest BCUT2D eigenvalue weighted by Gasteiger charge is -2.34. The molecular weight excluding hydrogens is 625 g/mol. The molecule has 1 unspecified atom stereocenters. The van der Waals surface area contributed by atoms with E-state index in [1.165, 1.54) is 17.0 Å². The monoisotopic (exact) mass is 661 g/mol. The SMILES string of the molecule is Cc1ccc(N(CC(=O)N(Cc2ccc(Cl)cc2)C(Cc2ccccc2)C(=O)NC2CCCC2)S(=O)(=O)c2ccc(F)cc2)cc1. The van der Waals surface area contributed by atoms with Crippen molar-refractivity contribution in [1.82, 2.24) is 10.2 Å². The normalized spacial score (nSPS) is 14.1. The molecule has 0 heterocycles. The van der Waals surface area contributed by atoms with Gasteiger partial charge in [0.2, 0.25) is 11.8 Å². The fourth-order valence-corrected chi connectivity index (χ4v) is 7.22. The lowest BCUT2D eigenvalue weighted by atomic mass is 10.0. The molecule has 1 saturated carbocycles. The van der Waals surface area contributed by atoms with E-state index in [2.05, 4.69) is 5.32 Å². The van der Waals surface area contributed by atoms with E-state index in [0.29, 0.717) is 5.02 Å². The number of benzene rings is 4. The predicted molar refractivity (Wildman–Crippen MR) is 178 cm³/mol. The Kier molecular flexibility index (Phi) is 10.8. The molecule has 0 bridgehead atoms. The summed E-state index contributed by atoms with van der Waals surface area (Å²) in [6.45, 7) is 1.33. The molecule has 0 saturated heterocycles. The second-order valence-electron chi connectivity index (χ2n) is 11.6. The van der Waals surface area contributed by atoms with Gasteiger partial charge in [0.25, 0.3) is 10.0 Å². The first kappa shape index (κ1) is 33.2. The summed E-state index contributed by atoms with van der Waals surface area (Å²) in [4.78, 5) is 29.9. The average molecular weight is 662 g/mol. The van der Waals surface area contributed by atoms with Crippen LogP contribution in [-0.4, -0.2) is 43.8 Å². The highest BCUT2D eigenvalue weighted by atomic mass is 35.5. The van der Waals surface area contributed by atoms with Gasteiger partial charge in [-0.1, -0.05) is 84.6 Å². The first-order valence-corrected chi connectivity index (χ1v) is 17.1. The maximum absolute atomic E-state index is 14.5. The fraction of sp³-hybridized carbons (Fsp3) is 0.278. The zero-order chi connectivity index (χ0) is 32.7. The summed E-state index contributed by atoms with van der Waals surface area (Å²) in [5, 5.41) is 3.69. The molecule has 240 valence electrons. The van der Waals surface area contributed by atoms with Crippen LogP contribution in [0.15, 0.2) is 108 Å². The number of carbonyl (C=O) groups is 2. The van der Waals surface area contributed by atoms with Crippen molar-refractivity contribution in [2.45, 2.75) is 62.6 Å². The Hall–Kier alpha value is -4.21. The number of hydrogen-bond acceptors (Lipinski definition) is 4. The second-order valence-corrected chi connectivity index (χ2v) is 13.9. The molecule has 0 spiro atoms. The Balaban J connectivity index is 1.55. The topological polar surface area (TPSA) is 86.8 Å². The van der Waals surface area contributed by atoms with Gasteiger partial charge >= 0.3 is 0 Å². The zero-order valence-corrected chi connectivity index (χ0v) is 27.2. The molecule has 1 aliphatic carbocycles. The van der Waals surface area contributed by atoms with E-state index in [1.54, 1.807) is 48.5 Å². The van der Waals surface area contributed by atoms with Gasteiger partial charge in [-0.3, -0.25) is 13.9 Å². The van der Waals surface area contributed by atoms with Gasteiger partial charge in [-0.2, -0.15) is 0 Å². The molecule has 1 aliphatic rings. The quantitative estimate of drug-likeness (QED) is 0.184. The lowest BCUT2D eigenvalue weighted by Crippen LogP contribution is -2.54. The van der Waals surface area contributed by atoms with Gasteiger partial charge in [0.15, 0.2) is 0 Å². The first-order chi connectivity index (χ1) is 22.1. The number of carbonyl (C=O) groups excluding carboxylic acids is 2. The van der Waals surface area contributed by atoms with Crippen molar-refractivity contribution in [2.75, 3.05) is 10.8 Å².